The first-order valence-corrected chi connectivity index (χ1v) is 7.38. The van der Waals surface area contributed by atoms with E-state index in [-0.39, 0.29) is 10.9 Å². The summed E-state index contributed by atoms with van der Waals surface area (Å²) in [5.41, 5.74) is -0.940. The molecule has 2 heterocycles. The highest BCUT2D eigenvalue weighted by atomic mass is 32.1. The van der Waals surface area contributed by atoms with E-state index in [2.05, 4.69) is 20.4 Å². The average Bonchev–Trinajstić information content (AvgIpc) is 3.13. The first-order chi connectivity index (χ1) is 10.3. The van der Waals surface area contributed by atoms with Crippen LogP contribution in [0.25, 0.3) is 0 Å². The number of aromatic nitrogens is 4. The van der Waals surface area contributed by atoms with Crippen molar-refractivity contribution < 1.29 is 18.0 Å². The zero-order chi connectivity index (χ0) is 16.3. The summed E-state index contributed by atoms with van der Waals surface area (Å²) in [6.45, 7) is 3.39. The molecule has 0 fully saturated rings. The van der Waals surface area contributed by atoms with Crippen LogP contribution in [0.2, 0.25) is 0 Å². The van der Waals surface area contributed by atoms with Gasteiger partial charge < -0.3 is 5.32 Å². The maximum Gasteiger partial charge on any atom is 0.434 e. The number of rotatable bonds is 5. The van der Waals surface area contributed by atoms with Gasteiger partial charge in [0.2, 0.25) is 5.91 Å². The molecule has 10 heteroatoms. The van der Waals surface area contributed by atoms with Crippen LogP contribution in [0.15, 0.2) is 18.0 Å². The number of hydrogen-bond acceptors (Lipinski definition) is 5. The number of amides is 1. The summed E-state index contributed by atoms with van der Waals surface area (Å²) in [5, 5.41) is 7.73. The summed E-state index contributed by atoms with van der Waals surface area (Å²) < 4.78 is 39.1. The minimum absolute atomic E-state index is 0.231. The van der Waals surface area contributed by atoms with Gasteiger partial charge in [-0.1, -0.05) is 6.92 Å². The van der Waals surface area contributed by atoms with Crippen LogP contribution in [0, 0.1) is 0 Å². The van der Waals surface area contributed by atoms with Crippen LogP contribution in [0.5, 0.6) is 0 Å². The van der Waals surface area contributed by atoms with Crippen LogP contribution in [-0.2, 0) is 11.0 Å². The Labute approximate surface area is 128 Å². The molecule has 2 atom stereocenters. The molecule has 0 bridgehead atoms. The number of halogens is 3. The van der Waals surface area contributed by atoms with Gasteiger partial charge in [-0.15, -0.1) is 11.3 Å². The van der Waals surface area contributed by atoms with E-state index in [1.807, 2.05) is 0 Å². The highest BCUT2D eigenvalue weighted by molar-refractivity contribution is 7.09. The first kappa shape index (κ1) is 16.4. The maximum absolute atomic E-state index is 12.6. The van der Waals surface area contributed by atoms with Crippen LogP contribution in [0.4, 0.5) is 13.2 Å². The van der Waals surface area contributed by atoms with Crippen LogP contribution >= 0.6 is 11.3 Å². The van der Waals surface area contributed by atoms with E-state index < -0.39 is 24.0 Å². The molecular weight excluding hydrogens is 319 g/mol. The lowest BCUT2D eigenvalue weighted by atomic mass is 10.2. The predicted molar refractivity (Wildman–Crippen MR) is 73.0 cm³/mol. The topological polar surface area (TPSA) is 72.7 Å². The van der Waals surface area contributed by atoms with Gasteiger partial charge >= 0.3 is 6.18 Å². The van der Waals surface area contributed by atoms with Gasteiger partial charge in [0.05, 0.1) is 6.04 Å². The molecule has 0 aliphatic rings. The molecule has 2 aromatic heterocycles. The monoisotopic (exact) mass is 333 g/mol. The molecule has 2 aromatic rings. The number of hydrogen-bond donors (Lipinski definition) is 1. The quantitative estimate of drug-likeness (QED) is 0.913. The Hall–Kier alpha value is -1.97. The van der Waals surface area contributed by atoms with Crippen molar-refractivity contribution in [3.05, 3.63) is 28.7 Å². The van der Waals surface area contributed by atoms with Crippen LogP contribution in [0.3, 0.4) is 0 Å². The first-order valence-electron chi connectivity index (χ1n) is 6.50. The van der Waals surface area contributed by atoms with Gasteiger partial charge in [-0.2, -0.15) is 18.3 Å². The van der Waals surface area contributed by atoms with Gasteiger partial charge in [-0.3, -0.25) is 4.79 Å². The minimum Gasteiger partial charge on any atom is -0.345 e. The molecule has 0 saturated carbocycles. The molecule has 0 unspecified atom stereocenters. The third-order valence-electron chi connectivity index (χ3n) is 3.05. The SMILES string of the molecule is CC[C@@H](NC(=O)[C@H](C)n1cncn1)c1nc(C(F)(F)F)cs1. The fraction of sp³-hybridized carbons (Fsp3) is 0.500. The van der Waals surface area contributed by atoms with E-state index in [9.17, 15) is 18.0 Å². The van der Waals surface area contributed by atoms with Gasteiger partial charge in [-0.05, 0) is 13.3 Å². The second-order valence-electron chi connectivity index (χ2n) is 4.59. The summed E-state index contributed by atoms with van der Waals surface area (Å²) in [6.07, 6.45) is -1.35. The molecule has 0 aromatic carbocycles. The van der Waals surface area contributed by atoms with Crippen LogP contribution in [0.1, 0.15) is 43.1 Å². The van der Waals surface area contributed by atoms with Crippen molar-refractivity contribution >= 4 is 17.2 Å². The number of nitrogens with one attached hydrogen (secondary N) is 1. The Kier molecular flexibility index (Phi) is 4.79. The normalized spacial score (nSPS) is 14.6. The summed E-state index contributed by atoms with van der Waals surface area (Å²) in [5.74, 6) is -0.360. The summed E-state index contributed by atoms with van der Waals surface area (Å²) in [7, 11) is 0. The second kappa shape index (κ2) is 6.42. The van der Waals surface area contributed by atoms with Crippen molar-refractivity contribution in [3.63, 3.8) is 0 Å². The van der Waals surface area contributed by atoms with Crippen LogP contribution < -0.4 is 5.32 Å². The Balaban J connectivity index is 2.09. The van der Waals surface area contributed by atoms with Crippen molar-refractivity contribution in [2.45, 2.75) is 38.5 Å². The molecular formula is C12H14F3N5OS. The van der Waals surface area contributed by atoms with E-state index in [1.165, 1.54) is 17.3 Å². The molecule has 1 amide bonds. The molecule has 0 spiro atoms. The summed E-state index contributed by atoms with van der Waals surface area (Å²) in [6, 6.07) is -1.18. The van der Waals surface area contributed by atoms with Crippen molar-refractivity contribution in [3.8, 4) is 0 Å². The molecule has 22 heavy (non-hydrogen) atoms. The Morgan fingerprint density at radius 2 is 2.23 bits per heavy atom. The number of nitrogens with zero attached hydrogens (tertiary/aromatic N) is 4. The van der Waals surface area contributed by atoms with Gasteiger partial charge in [0.25, 0.3) is 0 Å². The Morgan fingerprint density at radius 1 is 1.50 bits per heavy atom. The third kappa shape index (κ3) is 3.62. The minimum atomic E-state index is -4.48. The van der Waals surface area contributed by atoms with Crippen molar-refractivity contribution in [2.24, 2.45) is 0 Å². The maximum atomic E-state index is 12.6. The molecule has 0 radical (unpaired) electrons. The Morgan fingerprint density at radius 3 is 2.73 bits per heavy atom. The molecule has 6 nitrogen and oxygen atoms in total. The highest BCUT2D eigenvalue weighted by Crippen LogP contribution is 2.32. The Bertz CT molecular complexity index is 625. The van der Waals surface area contributed by atoms with Gasteiger partial charge in [-0.25, -0.2) is 14.6 Å². The third-order valence-corrected chi connectivity index (χ3v) is 4.01. The van der Waals surface area contributed by atoms with Gasteiger partial charge in [0, 0.05) is 5.38 Å². The number of carbonyl (C=O) groups is 1. The van der Waals surface area contributed by atoms with Crippen molar-refractivity contribution in [2.75, 3.05) is 0 Å². The number of thiazole rings is 1. The lowest BCUT2D eigenvalue weighted by molar-refractivity contribution is -0.140. The summed E-state index contributed by atoms with van der Waals surface area (Å²) in [4.78, 5) is 19.5. The zero-order valence-electron chi connectivity index (χ0n) is 11.8. The van der Waals surface area contributed by atoms with E-state index in [0.29, 0.717) is 6.42 Å². The predicted octanol–water partition coefficient (Wildman–Crippen LogP) is 2.58. The lowest BCUT2D eigenvalue weighted by Crippen LogP contribution is -2.34. The smallest absolute Gasteiger partial charge is 0.345 e. The van der Waals surface area contributed by atoms with E-state index in [0.717, 1.165) is 16.7 Å². The van der Waals surface area contributed by atoms with Crippen molar-refractivity contribution in [1.82, 2.24) is 25.1 Å². The number of alkyl halides is 3. The van der Waals surface area contributed by atoms with E-state index in [1.54, 1.807) is 13.8 Å². The molecule has 2 rings (SSSR count). The standard InChI is InChI=1S/C12H14F3N5OS/c1-3-8(11-19-9(4-22-11)12(13,14)15)18-10(21)7(2)20-6-16-5-17-20/h4-8H,3H2,1-2H3,(H,18,21)/t7-,8+/m0/s1. The average molecular weight is 333 g/mol. The molecule has 0 aliphatic carbocycles. The fourth-order valence-corrected chi connectivity index (χ4v) is 2.71. The van der Waals surface area contributed by atoms with Crippen LogP contribution in [-0.4, -0.2) is 25.7 Å². The fourth-order valence-electron chi connectivity index (χ4n) is 1.75. The highest BCUT2D eigenvalue weighted by Gasteiger charge is 2.34. The van der Waals surface area contributed by atoms with E-state index in [4.69, 9.17) is 0 Å². The lowest BCUT2D eigenvalue weighted by Gasteiger charge is -2.18. The molecule has 120 valence electrons. The molecule has 0 aliphatic heterocycles. The number of carbonyl (C=O) groups excluding carboxylic acids is 1. The molecule has 0 saturated heterocycles. The van der Waals surface area contributed by atoms with Crippen molar-refractivity contribution in [1.29, 1.82) is 0 Å². The van der Waals surface area contributed by atoms with Gasteiger partial charge in [0.15, 0.2) is 5.69 Å². The van der Waals surface area contributed by atoms with Gasteiger partial charge in [0.1, 0.15) is 23.7 Å². The second-order valence-corrected chi connectivity index (χ2v) is 5.48. The zero-order valence-corrected chi connectivity index (χ0v) is 12.6. The van der Waals surface area contributed by atoms with E-state index >= 15 is 0 Å². The largest absolute Gasteiger partial charge is 0.434 e. The summed E-state index contributed by atoms with van der Waals surface area (Å²) >= 11 is 0.880. The molecule has 1 N–H and O–H groups in total.